The number of amides is 1. The molecule has 3 aromatic carbocycles. The van der Waals surface area contributed by atoms with Crippen LogP contribution in [0.1, 0.15) is 51.2 Å². The van der Waals surface area contributed by atoms with E-state index in [1.54, 1.807) is 17.0 Å². The number of aromatic nitrogens is 1. The standard InChI is InChI=1S/C26H23IN2O3/c1-14-4-3-5-19-23(31)12-22-25(24(14)19)17(8-9-27)13-29(22)26(32)21-11-18-10-16(15(2)30)6-7-20(18)28-21/h3-7,10-12,17,28,31H,8-9,13H2,1-2H3/t17-/m1/s1. The van der Waals surface area contributed by atoms with Crippen LogP contribution in [0.4, 0.5) is 5.69 Å². The smallest absolute Gasteiger partial charge is 0.274 e. The number of phenolic OH excluding ortho intramolecular Hbond substituents is 1. The van der Waals surface area contributed by atoms with Gasteiger partial charge in [-0.3, -0.25) is 9.59 Å². The van der Waals surface area contributed by atoms with Gasteiger partial charge < -0.3 is 15.0 Å². The molecule has 1 amide bonds. The van der Waals surface area contributed by atoms with Crippen molar-refractivity contribution in [2.75, 3.05) is 15.9 Å². The SMILES string of the molecule is CC(=O)c1ccc2[nH]c(C(=O)N3C[C@@H](CCI)c4c3cc(O)c3cccc(C)c43)cc2c1. The van der Waals surface area contributed by atoms with E-state index in [-0.39, 0.29) is 23.4 Å². The van der Waals surface area contributed by atoms with Crippen LogP contribution in [0, 0.1) is 6.92 Å². The van der Waals surface area contributed by atoms with Crippen molar-refractivity contribution in [3.8, 4) is 5.75 Å². The number of alkyl halides is 1. The molecule has 162 valence electrons. The summed E-state index contributed by atoms with van der Waals surface area (Å²) in [7, 11) is 0. The summed E-state index contributed by atoms with van der Waals surface area (Å²) in [5, 5.41) is 13.5. The molecule has 1 aromatic heterocycles. The number of nitrogens with one attached hydrogen (secondary N) is 1. The molecule has 0 saturated heterocycles. The molecule has 0 spiro atoms. The van der Waals surface area contributed by atoms with E-state index in [9.17, 15) is 14.7 Å². The van der Waals surface area contributed by atoms with Gasteiger partial charge in [0.25, 0.3) is 5.91 Å². The third kappa shape index (κ3) is 3.28. The second-order valence-electron chi connectivity index (χ2n) is 8.46. The van der Waals surface area contributed by atoms with Gasteiger partial charge in [0.05, 0.1) is 5.69 Å². The Morgan fingerprint density at radius 1 is 1.19 bits per heavy atom. The number of carbonyl (C=O) groups is 2. The van der Waals surface area contributed by atoms with Crippen LogP contribution in [0.15, 0.2) is 48.5 Å². The minimum atomic E-state index is -0.130. The molecular formula is C26H23IN2O3. The summed E-state index contributed by atoms with van der Waals surface area (Å²) >= 11 is 2.38. The van der Waals surface area contributed by atoms with Gasteiger partial charge in [-0.05, 0) is 61.0 Å². The van der Waals surface area contributed by atoms with E-state index >= 15 is 0 Å². The Morgan fingerprint density at radius 2 is 2.00 bits per heavy atom. The zero-order valence-electron chi connectivity index (χ0n) is 17.9. The van der Waals surface area contributed by atoms with E-state index < -0.39 is 0 Å². The van der Waals surface area contributed by atoms with E-state index in [1.807, 2.05) is 30.3 Å². The maximum absolute atomic E-state index is 13.6. The van der Waals surface area contributed by atoms with E-state index in [0.717, 1.165) is 49.3 Å². The molecule has 0 fully saturated rings. The largest absolute Gasteiger partial charge is 0.507 e. The van der Waals surface area contributed by atoms with E-state index in [1.165, 1.54) is 6.92 Å². The fraction of sp³-hybridized carbons (Fsp3) is 0.231. The number of Topliss-reactive ketones (excluding diaryl/α,β-unsaturated/α-hetero) is 1. The maximum Gasteiger partial charge on any atom is 0.274 e. The third-order valence-electron chi connectivity index (χ3n) is 6.43. The number of phenols is 1. The van der Waals surface area contributed by atoms with Crippen molar-refractivity contribution in [2.45, 2.75) is 26.2 Å². The fourth-order valence-corrected chi connectivity index (χ4v) is 5.62. The Hall–Kier alpha value is -2.87. The monoisotopic (exact) mass is 538 g/mol. The first kappa shape index (κ1) is 21.0. The number of rotatable bonds is 4. The fourth-order valence-electron chi connectivity index (χ4n) is 4.87. The number of hydrogen-bond acceptors (Lipinski definition) is 3. The normalized spacial score (nSPS) is 15.5. The number of benzene rings is 3. The Morgan fingerprint density at radius 3 is 2.75 bits per heavy atom. The number of aromatic hydroxyl groups is 1. The van der Waals surface area contributed by atoms with Crippen molar-refractivity contribution in [2.24, 2.45) is 0 Å². The lowest BCUT2D eigenvalue weighted by molar-refractivity contribution is 0.0982. The lowest BCUT2D eigenvalue weighted by Gasteiger charge is -2.18. The third-order valence-corrected chi connectivity index (χ3v) is 7.05. The van der Waals surface area contributed by atoms with Crippen molar-refractivity contribution in [1.29, 1.82) is 0 Å². The van der Waals surface area contributed by atoms with Crippen molar-refractivity contribution in [1.82, 2.24) is 4.98 Å². The summed E-state index contributed by atoms with van der Waals surface area (Å²) in [6, 6.07) is 14.9. The molecule has 0 radical (unpaired) electrons. The molecule has 32 heavy (non-hydrogen) atoms. The molecule has 1 atom stereocenters. The number of H-pyrrole nitrogens is 1. The van der Waals surface area contributed by atoms with Crippen LogP contribution in [0.3, 0.4) is 0 Å². The number of ketones is 1. The van der Waals surface area contributed by atoms with E-state index in [2.05, 4.69) is 40.6 Å². The van der Waals surface area contributed by atoms with Crippen LogP contribution in [-0.4, -0.2) is 32.8 Å². The Kier molecular flexibility index (Phi) is 5.20. The van der Waals surface area contributed by atoms with Crippen LogP contribution in [-0.2, 0) is 0 Å². The maximum atomic E-state index is 13.6. The highest BCUT2D eigenvalue weighted by Gasteiger charge is 2.35. The minimum absolute atomic E-state index is 0.00573. The van der Waals surface area contributed by atoms with Gasteiger partial charge >= 0.3 is 0 Å². The summed E-state index contributed by atoms with van der Waals surface area (Å²) in [5.41, 5.74) is 4.95. The van der Waals surface area contributed by atoms with Crippen LogP contribution >= 0.6 is 22.6 Å². The highest BCUT2D eigenvalue weighted by molar-refractivity contribution is 14.1. The molecule has 0 unspecified atom stereocenters. The van der Waals surface area contributed by atoms with Gasteiger partial charge in [0.15, 0.2) is 5.78 Å². The molecular weight excluding hydrogens is 515 g/mol. The highest BCUT2D eigenvalue weighted by atomic mass is 127. The van der Waals surface area contributed by atoms with Crippen LogP contribution in [0.25, 0.3) is 21.7 Å². The molecule has 5 rings (SSSR count). The average molecular weight is 538 g/mol. The van der Waals surface area contributed by atoms with Gasteiger partial charge in [0.2, 0.25) is 0 Å². The number of carbonyl (C=O) groups excluding carboxylic acids is 2. The minimum Gasteiger partial charge on any atom is -0.507 e. The second-order valence-corrected chi connectivity index (χ2v) is 9.54. The topological polar surface area (TPSA) is 73.4 Å². The van der Waals surface area contributed by atoms with Crippen molar-refractivity contribution in [3.63, 3.8) is 0 Å². The molecule has 0 aliphatic carbocycles. The Labute approximate surface area is 199 Å². The molecule has 2 heterocycles. The molecule has 5 nitrogen and oxygen atoms in total. The van der Waals surface area contributed by atoms with Gasteiger partial charge in [-0.15, -0.1) is 0 Å². The van der Waals surface area contributed by atoms with Gasteiger partial charge in [-0.2, -0.15) is 0 Å². The zero-order chi connectivity index (χ0) is 22.6. The number of hydrogen-bond donors (Lipinski definition) is 2. The first-order valence-corrected chi connectivity index (χ1v) is 12.2. The lowest BCUT2D eigenvalue weighted by Crippen LogP contribution is -2.30. The molecule has 4 aromatic rings. The van der Waals surface area contributed by atoms with Crippen LogP contribution in [0.5, 0.6) is 5.75 Å². The molecule has 1 aliphatic heterocycles. The van der Waals surface area contributed by atoms with Crippen molar-refractivity contribution in [3.05, 3.63) is 70.9 Å². The van der Waals surface area contributed by atoms with E-state index in [4.69, 9.17) is 0 Å². The summed E-state index contributed by atoms with van der Waals surface area (Å²) in [5.74, 6) is 0.269. The van der Waals surface area contributed by atoms with Crippen LogP contribution < -0.4 is 4.90 Å². The first-order valence-electron chi connectivity index (χ1n) is 10.7. The predicted molar refractivity (Wildman–Crippen MR) is 137 cm³/mol. The summed E-state index contributed by atoms with van der Waals surface area (Å²) < 4.78 is 0.984. The predicted octanol–water partition coefficient (Wildman–Crippen LogP) is 6.11. The molecule has 1 aliphatic rings. The zero-order valence-corrected chi connectivity index (χ0v) is 20.1. The molecule has 0 saturated carbocycles. The number of fused-ring (bicyclic) bond motifs is 4. The molecule has 6 heteroatoms. The van der Waals surface area contributed by atoms with Crippen molar-refractivity contribution >= 4 is 61.6 Å². The molecule has 0 bridgehead atoms. The summed E-state index contributed by atoms with van der Waals surface area (Å²) in [6.07, 6.45) is 0.959. The number of aromatic amines is 1. The van der Waals surface area contributed by atoms with E-state index in [0.29, 0.717) is 17.8 Å². The Bertz CT molecular complexity index is 1410. The Balaban J connectivity index is 1.63. The quantitative estimate of drug-likeness (QED) is 0.187. The number of halogens is 1. The lowest BCUT2D eigenvalue weighted by atomic mass is 9.90. The average Bonchev–Trinajstić information content (AvgIpc) is 3.35. The van der Waals surface area contributed by atoms with Gasteiger partial charge in [-0.1, -0.05) is 40.8 Å². The first-order chi connectivity index (χ1) is 15.4. The highest BCUT2D eigenvalue weighted by Crippen LogP contribution is 2.47. The number of anilines is 1. The van der Waals surface area contributed by atoms with Gasteiger partial charge in [-0.25, -0.2) is 0 Å². The number of nitrogens with zero attached hydrogens (tertiary/aromatic N) is 1. The molecule has 2 N–H and O–H groups in total. The second kappa shape index (κ2) is 7.92. The summed E-state index contributed by atoms with van der Waals surface area (Å²) in [4.78, 5) is 30.4. The van der Waals surface area contributed by atoms with Crippen molar-refractivity contribution < 1.29 is 14.7 Å². The van der Waals surface area contributed by atoms with Crippen LogP contribution in [0.2, 0.25) is 0 Å². The number of aryl methyl sites for hydroxylation is 1. The van der Waals surface area contributed by atoms with Gasteiger partial charge in [0, 0.05) is 44.8 Å². The summed E-state index contributed by atoms with van der Waals surface area (Å²) in [6.45, 7) is 4.17. The van der Waals surface area contributed by atoms with Gasteiger partial charge in [0.1, 0.15) is 11.4 Å².